The molecular weight excluding hydrogens is 338 g/mol. The number of fused-ring (bicyclic) bond motifs is 1. The molecule has 0 radical (unpaired) electrons. The first-order valence-corrected chi connectivity index (χ1v) is 10.3. The van der Waals surface area contributed by atoms with Gasteiger partial charge in [0.25, 0.3) is 0 Å². The van der Waals surface area contributed by atoms with Crippen molar-refractivity contribution in [2.75, 3.05) is 12.8 Å². The van der Waals surface area contributed by atoms with Crippen LogP contribution < -0.4 is 4.72 Å². The number of nitrogens with zero attached hydrogens (tertiary/aromatic N) is 3. The van der Waals surface area contributed by atoms with Gasteiger partial charge in [0.15, 0.2) is 5.82 Å². The van der Waals surface area contributed by atoms with Crippen molar-refractivity contribution in [3.8, 4) is 11.4 Å². The number of hydrogen-bond donors (Lipinski definition) is 2. The number of nitrogens with one attached hydrogen (secondary N) is 2. The highest BCUT2D eigenvalue weighted by molar-refractivity contribution is 7.88. The van der Waals surface area contributed by atoms with E-state index in [4.69, 9.17) is 0 Å². The predicted octanol–water partition coefficient (Wildman–Crippen LogP) is 2.32. The highest BCUT2D eigenvalue weighted by Gasteiger charge is 2.15. The number of para-hydroxylation sites is 1. The van der Waals surface area contributed by atoms with E-state index in [-0.39, 0.29) is 0 Å². The number of aryl methyl sites for hydroxylation is 1. The van der Waals surface area contributed by atoms with E-state index >= 15 is 0 Å². The second-order valence-corrected chi connectivity index (χ2v) is 7.93. The van der Waals surface area contributed by atoms with E-state index in [0.717, 1.165) is 47.9 Å². The van der Waals surface area contributed by atoms with Gasteiger partial charge < -0.3 is 4.98 Å². The molecule has 0 spiro atoms. The summed E-state index contributed by atoms with van der Waals surface area (Å²) in [5.41, 5.74) is 2.01. The molecule has 2 heterocycles. The highest BCUT2D eigenvalue weighted by Crippen LogP contribution is 2.26. The number of hydrogen-bond acceptors (Lipinski definition) is 4. The second kappa shape index (κ2) is 7.37. The summed E-state index contributed by atoms with van der Waals surface area (Å²) >= 11 is 0. The van der Waals surface area contributed by atoms with Crippen LogP contribution in [0.25, 0.3) is 22.3 Å². The lowest BCUT2D eigenvalue weighted by molar-refractivity contribution is 0.540. The SMILES string of the molecule is CCCCn1nc(-c2c[nH]c3ccccc23)nc1CCNS(C)(=O)=O. The molecule has 25 heavy (non-hydrogen) atoms. The summed E-state index contributed by atoms with van der Waals surface area (Å²) < 4.78 is 26.9. The monoisotopic (exact) mass is 361 g/mol. The van der Waals surface area contributed by atoms with Crippen LogP contribution in [0.2, 0.25) is 0 Å². The number of benzene rings is 1. The maximum Gasteiger partial charge on any atom is 0.208 e. The Morgan fingerprint density at radius 2 is 2.08 bits per heavy atom. The van der Waals surface area contributed by atoms with Crippen LogP contribution >= 0.6 is 0 Å². The third kappa shape index (κ3) is 4.26. The normalized spacial score (nSPS) is 12.1. The van der Waals surface area contributed by atoms with E-state index in [0.29, 0.717) is 18.8 Å². The molecular formula is C17H23N5O2S. The highest BCUT2D eigenvalue weighted by atomic mass is 32.2. The van der Waals surface area contributed by atoms with Gasteiger partial charge in [0.1, 0.15) is 5.82 Å². The van der Waals surface area contributed by atoms with Crippen molar-refractivity contribution in [1.29, 1.82) is 0 Å². The van der Waals surface area contributed by atoms with Crippen LogP contribution in [0.5, 0.6) is 0 Å². The molecule has 2 aromatic heterocycles. The number of unbranched alkanes of at least 4 members (excludes halogenated alkanes) is 1. The molecule has 134 valence electrons. The Morgan fingerprint density at radius 3 is 2.84 bits per heavy atom. The molecule has 0 fully saturated rings. The quantitative estimate of drug-likeness (QED) is 0.644. The average molecular weight is 361 g/mol. The third-order valence-corrected chi connectivity index (χ3v) is 4.74. The molecule has 0 atom stereocenters. The third-order valence-electron chi connectivity index (χ3n) is 4.01. The zero-order valence-corrected chi connectivity index (χ0v) is 15.3. The van der Waals surface area contributed by atoms with Gasteiger partial charge in [0, 0.05) is 42.2 Å². The Kier molecular flexibility index (Phi) is 5.19. The molecule has 0 amide bonds. The fourth-order valence-electron chi connectivity index (χ4n) is 2.77. The summed E-state index contributed by atoms with van der Waals surface area (Å²) in [5.74, 6) is 1.47. The lowest BCUT2D eigenvalue weighted by atomic mass is 10.2. The van der Waals surface area contributed by atoms with Crippen molar-refractivity contribution in [3.05, 3.63) is 36.3 Å². The molecule has 0 saturated heterocycles. The average Bonchev–Trinajstić information content (AvgIpc) is 3.15. The molecule has 0 unspecified atom stereocenters. The lowest BCUT2D eigenvalue weighted by Gasteiger charge is -2.05. The van der Waals surface area contributed by atoms with Gasteiger partial charge in [-0.3, -0.25) is 0 Å². The summed E-state index contributed by atoms with van der Waals surface area (Å²) in [6.07, 6.45) is 5.65. The molecule has 0 bridgehead atoms. The maximum absolute atomic E-state index is 11.3. The molecule has 7 nitrogen and oxygen atoms in total. The molecule has 0 saturated carbocycles. The minimum atomic E-state index is -3.20. The Bertz CT molecular complexity index is 958. The van der Waals surface area contributed by atoms with Crippen molar-refractivity contribution in [2.24, 2.45) is 0 Å². The van der Waals surface area contributed by atoms with Gasteiger partial charge in [-0.25, -0.2) is 22.8 Å². The summed E-state index contributed by atoms with van der Waals surface area (Å²) in [5, 5.41) is 5.74. The first kappa shape index (κ1) is 17.6. The molecule has 0 aliphatic heterocycles. The minimum Gasteiger partial charge on any atom is -0.360 e. The summed E-state index contributed by atoms with van der Waals surface area (Å²) in [6, 6.07) is 8.03. The van der Waals surface area contributed by atoms with Crippen LogP contribution in [0.4, 0.5) is 0 Å². The van der Waals surface area contributed by atoms with Crippen LogP contribution in [0, 0.1) is 0 Å². The number of aromatic nitrogens is 4. The fourth-order valence-corrected chi connectivity index (χ4v) is 3.24. The number of H-pyrrole nitrogens is 1. The molecule has 2 N–H and O–H groups in total. The minimum absolute atomic E-state index is 0.316. The van der Waals surface area contributed by atoms with Crippen LogP contribution in [-0.4, -0.2) is 41.0 Å². The van der Waals surface area contributed by atoms with E-state index in [9.17, 15) is 8.42 Å². The Morgan fingerprint density at radius 1 is 1.28 bits per heavy atom. The molecule has 3 rings (SSSR count). The topological polar surface area (TPSA) is 92.7 Å². The lowest BCUT2D eigenvalue weighted by Crippen LogP contribution is -2.25. The first-order valence-electron chi connectivity index (χ1n) is 8.43. The van der Waals surface area contributed by atoms with Crippen molar-refractivity contribution in [2.45, 2.75) is 32.7 Å². The number of sulfonamides is 1. The summed E-state index contributed by atoms with van der Waals surface area (Å²) in [4.78, 5) is 7.91. The Labute approximate surface area is 147 Å². The zero-order chi connectivity index (χ0) is 17.9. The van der Waals surface area contributed by atoms with E-state index < -0.39 is 10.0 Å². The van der Waals surface area contributed by atoms with Gasteiger partial charge in [-0.15, -0.1) is 0 Å². The summed E-state index contributed by atoms with van der Waals surface area (Å²) in [6.45, 7) is 3.22. The Balaban J connectivity index is 1.89. The molecule has 0 aliphatic carbocycles. The van der Waals surface area contributed by atoms with Crippen molar-refractivity contribution in [3.63, 3.8) is 0 Å². The van der Waals surface area contributed by atoms with E-state index in [1.807, 2.05) is 35.1 Å². The van der Waals surface area contributed by atoms with Crippen LogP contribution in [-0.2, 0) is 23.0 Å². The zero-order valence-electron chi connectivity index (χ0n) is 14.5. The largest absolute Gasteiger partial charge is 0.360 e. The van der Waals surface area contributed by atoms with Crippen molar-refractivity contribution in [1.82, 2.24) is 24.5 Å². The smallest absolute Gasteiger partial charge is 0.208 e. The van der Waals surface area contributed by atoms with Crippen molar-refractivity contribution < 1.29 is 8.42 Å². The van der Waals surface area contributed by atoms with Crippen LogP contribution in [0.1, 0.15) is 25.6 Å². The summed E-state index contributed by atoms with van der Waals surface area (Å²) in [7, 11) is -3.20. The van der Waals surface area contributed by atoms with E-state index in [1.54, 1.807) is 0 Å². The second-order valence-electron chi connectivity index (χ2n) is 6.09. The molecule has 8 heteroatoms. The van der Waals surface area contributed by atoms with Gasteiger partial charge in [-0.05, 0) is 12.5 Å². The van der Waals surface area contributed by atoms with Gasteiger partial charge >= 0.3 is 0 Å². The predicted molar refractivity (Wildman–Crippen MR) is 98.8 cm³/mol. The van der Waals surface area contributed by atoms with Gasteiger partial charge in [-0.2, -0.15) is 5.10 Å². The van der Waals surface area contributed by atoms with E-state index in [1.165, 1.54) is 0 Å². The fraction of sp³-hybridized carbons (Fsp3) is 0.412. The number of aromatic amines is 1. The molecule has 0 aliphatic rings. The van der Waals surface area contributed by atoms with Gasteiger partial charge in [-0.1, -0.05) is 31.5 Å². The van der Waals surface area contributed by atoms with E-state index in [2.05, 4.69) is 26.7 Å². The Hall–Kier alpha value is -2.19. The van der Waals surface area contributed by atoms with Gasteiger partial charge in [0.2, 0.25) is 10.0 Å². The van der Waals surface area contributed by atoms with Crippen molar-refractivity contribution >= 4 is 20.9 Å². The molecule has 3 aromatic rings. The standard InChI is InChI=1S/C17H23N5O2S/c1-3-4-11-22-16(9-10-19-25(2,23)24)20-17(21-22)14-12-18-15-8-6-5-7-13(14)15/h5-8,12,18-19H,3-4,9-11H2,1-2H3. The van der Waals surface area contributed by atoms with Crippen LogP contribution in [0.3, 0.4) is 0 Å². The van der Waals surface area contributed by atoms with Crippen LogP contribution in [0.15, 0.2) is 30.5 Å². The number of rotatable bonds is 8. The maximum atomic E-state index is 11.3. The van der Waals surface area contributed by atoms with Gasteiger partial charge in [0.05, 0.1) is 6.26 Å². The first-order chi connectivity index (χ1) is 12.0. The molecule has 1 aromatic carbocycles.